The van der Waals surface area contributed by atoms with E-state index in [1.807, 2.05) is 0 Å². The number of halogens is 1. The lowest BCUT2D eigenvalue weighted by molar-refractivity contribution is -0.385. The maximum atomic E-state index is 13.0. The van der Waals surface area contributed by atoms with Crippen molar-refractivity contribution in [1.82, 2.24) is 15.8 Å². The highest BCUT2D eigenvalue weighted by molar-refractivity contribution is 8.26. The Kier molecular flexibility index (Phi) is 7.28. The van der Waals surface area contributed by atoms with Gasteiger partial charge < -0.3 is 0 Å². The van der Waals surface area contributed by atoms with Crippen molar-refractivity contribution in [2.75, 3.05) is 6.54 Å². The van der Waals surface area contributed by atoms with E-state index in [-0.39, 0.29) is 28.8 Å². The Balaban J connectivity index is 1.54. The first-order chi connectivity index (χ1) is 15.3. The van der Waals surface area contributed by atoms with Crippen molar-refractivity contribution in [1.29, 1.82) is 0 Å². The molecule has 0 saturated carbocycles. The number of thiocarbonyl (C=S) groups is 1. The molecule has 0 spiro atoms. The zero-order chi connectivity index (χ0) is 23.3. The lowest BCUT2D eigenvalue weighted by Gasteiger charge is -2.14. The molecule has 0 atom stereocenters. The molecule has 164 valence electrons. The van der Waals surface area contributed by atoms with E-state index in [4.69, 9.17) is 12.2 Å². The summed E-state index contributed by atoms with van der Waals surface area (Å²) in [6.07, 6.45) is 1.40. The Labute approximate surface area is 190 Å². The lowest BCUT2D eigenvalue weighted by Crippen LogP contribution is -2.43. The van der Waals surface area contributed by atoms with Gasteiger partial charge in [-0.3, -0.25) is 40.2 Å². The molecule has 2 aromatic carbocycles. The molecule has 0 aliphatic carbocycles. The van der Waals surface area contributed by atoms with Gasteiger partial charge in [0.25, 0.3) is 17.5 Å². The van der Waals surface area contributed by atoms with Gasteiger partial charge in [-0.1, -0.05) is 48.2 Å². The van der Waals surface area contributed by atoms with Crippen LogP contribution in [0.15, 0.2) is 53.4 Å². The number of thioether (sulfide) groups is 1. The molecule has 1 aliphatic heterocycles. The fourth-order valence-electron chi connectivity index (χ4n) is 2.70. The van der Waals surface area contributed by atoms with Gasteiger partial charge in [-0.15, -0.1) is 0 Å². The van der Waals surface area contributed by atoms with Crippen LogP contribution in [0.25, 0.3) is 6.08 Å². The molecule has 1 saturated heterocycles. The smallest absolute Gasteiger partial charge is 0.282 e. The van der Waals surface area contributed by atoms with Crippen molar-refractivity contribution >= 4 is 57.8 Å². The normalized spacial score (nSPS) is 14.5. The number of hydrogen-bond donors (Lipinski definition) is 2. The predicted octanol–water partition coefficient (Wildman–Crippen LogP) is 2.79. The van der Waals surface area contributed by atoms with Crippen LogP contribution in [0.1, 0.15) is 22.3 Å². The standard InChI is InChI=1S/C20H15FN4O5S2/c21-13-7-5-12(6-8-13)11-16-19(28)24(20(31)32-16)10-9-17(26)22-23-18(27)14-3-1-2-4-15(14)25(29)30/h1-8,11H,9-10H2,(H,22,26)(H,23,27)/b16-11-. The molecule has 9 nitrogen and oxygen atoms in total. The maximum Gasteiger partial charge on any atom is 0.282 e. The van der Waals surface area contributed by atoms with Crippen molar-refractivity contribution in [3.8, 4) is 0 Å². The average Bonchev–Trinajstić information content (AvgIpc) is 3.04. The molecule has 3 rings (SSSR count). The van der Waals surface area contributed by atoms with E-state index in [1.54, 1.807) is 6.08 Å². The van der Waals surface area contributed by atoms with Crippen LogP contribution < -0.4 is 10.9 Å². The summed E-state index contributed by atoms with van der Waals surface area (Å²) in [6, 6.07) is 10.9. The Morgan fingerprint density at radius 3 is 2.53 bits per heavy atom. The highest BCUT2D eigenvalue weighted by atomic mass is 32.2. The van der Waals surface area contributed by atoms with Gasteiger partial charge in [-0.05, 0) is 29.8 Å². The number of rotatable bonds is 6. The van der Waals surface area contributed by atoms with E-state index >= 15 is 0 Å². The number of hydrogen-bond acceptors (Lipinski definition) is 7. The second-order valence-electron chi connectivity index (χ2n) is 6.41. The van der Waals surface area contributed by atoms with E-state index in [0.717, 1.165) is 11.8 Å². The molecule has 2 aromatic rings. The number of carbonyl (C=O) groups excluding carboxylic acids is 3. The highest BCUT2D eigenvalue weighted by Crippen LogP contribution is 2.32. The Morgan fingerprint density at radius 2 is 1.84 bits per heavy atom. The second-order valence-corrected chi connectivity index (χ2v) is 8.09. The van der Waals surface area contributed by atoms with Crippen LogP contribution in [0.5, 0.6) is 0 Å². The molecule has 32 heavy (non-hydrogen) atoms. The van der Waals surface area contributed by atoms with Crippen LogP contribution in [-0.4, -0.2) is 38.4 Å². The van der Waals surface area contributed by atoms with Crippen LogP contribution in [0.4, 0.5) is 10.1 Å². The molecule has 12 heteroatoms. The first-order valence-corrected chi connectivity index (χ1v) is 10.3. The molecular weight excluding hydrogens is 459 g/mol. The second kappa shape index (κ2) is 10.1. The minimum absolute atomic E-state index is 0.0292. The third-order valence-electron chi connectivity index (χ3n) is 4.26. The van der Waals surface area contributed by atoms with Gasteiger partial charge in [-0.25, -0.2) is 4.39 Å². The van der Waals surface area contributed by atoms with Gasteiger partial charge in [0.05, 0.1) is 9.83 Å². The van der Waals surface area contributed by atoms with E-state index in [0.29, 0.717) is 10.5 Å². The first-order valence-electron chi connectivity index (χ1n) is 9.10. The first kappa shape index (κ1) is 23.0. The molecule has 1 heterocycles. The van der Waals surface area contributed by atoms with Gasteiger partial charge in [0, 0.05) is 19.0 Å². The number of para-hydroxylation sites is 1. The van der Waals surface area contributed by atoms with Crippen LogP contribution in [0, 0.1) is 15.9 Å². The summed E-state index contributed by atoms with van der Waals surface area (Å²) >= 11 is 6.26. The molecule has 0 unspecified atom stereocenters. The summed E-state index contributed by atoms with van der Waals surface area (Å²) in [6.45, 7) is -0.0292. The van der Waals surface area contributed by atoms with Gasteiger partial charge in [0.15, 0.2) is 0 Å². The number of carbonyl (C=O) groups is 3. The number of benzene rings is 2. The minimum Gasteiger partial charge on any atom is -0.292 e. The quantitative estimate of drug-likeness (QED) is 0.286. The van der Waals surface area contributed by atoms with Crippen molar-refractivity contribution in [2.24, 2.45) is 0 Å². The van der Waals surface area contributed by atoms with E-state index in [2.05, 4.69) is 10.9 Å². The number of nitrogens with zero attached hydrogens (tertiary/aromatic N) is 2. The lowest BCUT2D eigenvalue weighted by atomic mass is 10.2. The third-order valence-corrected chi connectivity index (χ3v) is 5.64. The molecule has 1 aliphatic rings. The monoisotopic (exact) mass is 474 g/mol. The number of hydrazine groups is 1. The van der Waals surface area contributed by atoms with Crippen LogP contribution in [0.3, 0.4) is 0 Å². The van der Waals surface area contributed by atoms with Gasteiger partial charge in [-0.2, -0.15) is 0 Å². The van der Waals surface area contributed by atoms with Crippen LogP contribution >= 0.6 is 24.0 Å². The molecule has 2 N–H and O–H groups in total. The number of nitro benzene ring substituents is 1. The van der Waals surface area contributed by atoms with E-state index in [1.165, 1.54) is 53.4 Å². The molecule has 0 aromatic heterocycles. The number of nitrogens with one attached hydrogen (secondary N) is 2. The summed E-state index contributed by atoms with van der Waals surface area (Å²) in [5, 5.41) is 11.0. The number of amides is 3. The minimum atomic E-state index is -0.849. The van der Waals surface area contributed by atoms with Crippen LogP contribution in [-0.2, 0) is 9.59 Å². The largest absolute Gasteiger partial charge is 0.292 e. The summed E-state index contributed by atoms with van der Waals surface area (Å²) in [5.74, 6) is -2.25. The summed E-state index contributed by atoms with van der Waals surface area (Å²) in [4.78, 5) is 48.6. The Bertz CT molecular complexity index is 1140. The van der Waals surface area contributed by atoms with Crippen molar-refractivity contribution < 1.29 is 23.7 Å². The Morgan fingerprint density at radius 1 is 1.16 bits per heavy atom. The summed E-state index contributed by atoms with van der Waals surface area (Å²) < 4.78 is 13.3. The topological polar surface area (TPSA) is 122 Å². The summed E-state index contributed by atoms with van der Waals surface area (Å²) in [5.41, 5.74) is 4.29. The zero-order valence-electron chi connectivity index (χ0n) is 16.2. The van der Waals surface area contributed by atoms with E-state index < -0.39 is 28.2 Å². The zero-order valence-corrected chi connectivity index (χ0v) is 17.9. The van der Waals surface area contributed by atoms with Gasteiger partial charge in [0.2, 0.25) is 5.91 Å². The summed E-state index contributed by atoms with van der Waals surface area (Å²) in [7, 11) is 0. The predicted molar refractivity (Wildman–Crippen MR) is 120 cm³/mol. The number of nitro groups is 1. The fraction of sp³-hybridized carbons (Fsp3) is 0.100. The molecule has 0 radical (unpaired) electrons. The van der Waals surface area contributed by atoms with Crippen LogP contribution in [0.2, 0.25) is 0 Å². The van der Waals surface area contributed by atoms with Crippen molar-refractivity contribution in [3.63, 3.8) is 0 Å². The fourth-order valence-corrected chi connectivity index (χ4v) is 4.01. The van der Waals surface area contributed by atoms with Gasteiger partial charge >= 0.3 is 0 Å². The molecule has 0 bridgehead atoms. The molecule has 1 fully saturated rings. The average molecular weight is 474 g/mol. The SMILES string of the molecule is O=C(CCN1C(=O)/C(=C/c2ccc(F)cc2)SC1=S)NNC(=O)c1ccccc1[N+](=O)[O-]. The maximum absolute atomic E-state index is 13.0. The van der Waals surface area contributed by atoms with Crippen molar-refractivity contribution in [2.45, 2.75) is 6.42 Å². The van der Waals surface area contributed by atoms with E-state index in [9.17, 15) is 28.9 Å². The van der Waals surface area contributed by atoms with Gasteiger partial charge in [0.1, 0.15) is 15.7 Å². The Hall–Kier alpha value is -3.64. The highest BCUT2D eigenvalue weighted by Gasteiger charge is 2.32. The molecular formula is C20H15FN4O5S2. The third kappa shape index (κ3) is 5.53. The molecule has 3 amide bonds. The van der Waals surface area contributed by atoms with Crippen molar-refractivity contribution in [3.05, 3.63) is 80.5 Å².